The molecule has 0 amide bonds. The predicted molar refractivity (Wildman–Crippen MR) is 73.6 cm³/mol. The highest BCUT2D eigenvalue weighted by atomic mass is 79.9. The predicted octanol–water partition coefficient (Wildman–Crippen LogP) is 2.36. The van der Waals surface area contributed by atoms with E-state index in [1.54, 1.807) is 21.0 Å². The lowest BCUT2D eigenvalue weighted by atomic mass is 10.1. The summed E-state index contributed by atoms with van der Waals surface area (Å²) < 4.78 is 6.35. The van der Waals surface area contributed by atoms with E-state index in [0.717, 1.165) is 28.8 Å². The lowest BCUT2D eigenvalue weighted by Gasteiger charge is -2.18. The molecule has 0 bridgehead atoms. The van der Waals surface area contributed by atoms with E-state index in [1.165, 1.54) is 0 Å². The van der Waals surface area contributed by atoms with Crippen LogP contribution in [0, 0.1) is 0 Å². The zero-order chi connectivity index (χ0) is 12.9. The van der Waals surface area contributed by atoms with E-state index in [0.29, 0.717) is 6.54 Å². The Hall–Kier alpha value is -0.580. The van der Waals surface area contributed by atoms with Gasteiger partial charge in [-0.05, 0) is 50.6 Å². The quantitative estimate of drug-likeness (QED) is 0.793. The molecule has 17 heavy (non-hydrogen) atoms. The van der Waals surface area contributed by atoms with E-state index in [-0.39, 0.29) is 0 Å². The summed E-state index contributed by atoms with van der Waals surface area (Å²) in [4.78, 5) is 0. The van der Waals surface area contributed by atoms with Crippen molar-refractivity contribution in [2.75, 3.05) is 20.2 Å². The van der Waals surface area contributed by atoms with Crippen LogP contribution >= 0.6 is 15.9 Å². The molecule has 0 atom stereocenters. The van der Waals surface area contributed by atoms with Crippen molar-refractivity contribution < 1.29 is 9.84 Å². The summed E-state index contributed by atoms with van der Waals surface area (Å²) in [5.74, 6) is 0.901. The number of hydrogen-bond donors (Lipinski definition) is 2. The average molecular weight is 302 g/mol. The maximum Gasteiger partial charge on any atom is 0.122 e. The van der Waals surface area contributed by atoms with Crippen LogP contribution in [0.25, 0.3) is 0 Å². The maximum atomic E-state index is 9.57. The molecule has 1 rings (SSSR count). The molecule has 0 fully saturated rings. The molecule has 0 saturated heterocycles. The van der Waals surface area contributed by atoms with E-state index in [1.807, 2.05) is 12.1 Å². The van der Waals surface area contributed by atoms with Crippen LogP contribution in [0.5, 0.6) is 5.75 Å². The first-order valence-corrected chi connectivity index (χ1v) is 6.47. The summed E-state index contributed by atoms with van der Waals surface area (Å²) in [6, 6.07) is 5.98. The van der Waals surface area contributed by atoms with Gasteiger partial charge in [-0.2, -0.15) is 0 Å². The van der Waals surface area contributed by atoms with Crippen molar-refractivity contribution in [2.24, 2.45) is 0 Å². The fourth-order valence-electron chi connectivity index (χ4n) is 1.56. The third-order valence-corrected chi connectivity index (χ3v) is 2.86. The number of nitrogens with one attached hydrogen (secondary N) is 1. The van der Waals surface area contributed by atoms with Crippen LogP contribution < -0.4 is 10.1 Å². The maximum absolute atomic E-state index is 9.57. The van der Waals surface area contributed by atoms with Crippen LogP contribution in [0.3, 0.4) is 0 Å². The Morgan fingerprint density at radius 2 is 2.12 bits per heavy atom. The normalized spacial score (nSPS) is 11.6. The molecule has 1 aromatic rings. The van der Waals surface area contributed by atoms with Gasteiger partial charge in [0.15, 0.2) is 0 Å². The highest BCUT2D eigenvalue weighted by Crippen LogP contribution is 2.23. The second kappa shape index (κ2) is 6.38. The van der Waals surface area contributed by atoms with Crippen molar-refractivity contribution >= 4 is 15.9 Å². The first kappa shape index (κ1) is 14.5. The zero-order valence-corrected chi connectivity index (χ0v) is 12.2. The van der Waals surface area contributed by atoms with Gasteiger partial charge in [-0.1, -0.05) is 15.9 Å². The Kier molecular flexibility index (Phi) is 5.43. The van der Waals surface area contributed by atoms with Gasteiger partial charge in [-0.25, -0.2) is 0 Å². The fourth-order valence-corrected chi connectivity index (χ4v) is 1.97. The number of ether oxygens (including phenoxy) is 1. The number of halogens is 1. The third kappa shape index (κ3) is 5.52. The smallest absolute Gasteiger partial charge is 0.122 e. The summed E-state index contributed by atoms with van der Waals surface area (Å²) in [5, 5.41) is 12.8. The molecule has 3 nitrogen and oxygen atoms in total. The first-order valence-electron chi connectivity index (χ1n) is 5.68. The second-order valence-electron chi connectivity index (χ2n) is 4.70. The van der Waals surface area contributed by atoms with Crippen molar-refractivity contribution in [3.8, 4) is 5.75 Å². The minimum atomic E-state index is -0.665. The van der Waals surface area contributed by atoms with Crippen molar-refractivity contribution in [3.63, 3.8) is 0 Å². The Morgan fingerprint density at radius 3 is 2.71 bits per heavy atom. The van der Waals surface area contributed by atoms with Crippen LogP contribution in [-0.2, 0) is 6.42 Å². The van der Waals surface area contributed by atoms with Gasteiger partial charge >= 0.3 is 0 Å². The summed E-state index contributed by atoms with van der Waals surface area (Å²) in [6.45, 7) is 4.99. The van der Waals surface area contributed by atoms with Crippen LogP contribution in [-0.4, -0.2) is 30.9 Å². The van der Waals surface area contributed by atoms with Crippen molar-refractivity contribution in [1.82, 2.24) is 5.32 Å². The largest absolute Gasteiger partial charge is 0.496 e. The van der Waals surface area contributed by atoms with Crippen LogP contribution in [0.1, 0.15) is 19.4 Å². The van der Waals surface area contributed by atoms with Crippen LogP contribution in [0.4, 0.5) is 0 Å². The lowest BCUT2D eigenvalue weighted by molar-refractivity contribution is 0.0801. The molecule has 0 aromatic heterocycles. The van der Waals surface area contributed by atoms with E-state index in [2.05, 4.69) is 27.3 Å². The number of aliphatic hydroxyl groups is 1. The van der Waals surface area contributed by atoms with E-state index in [4.69, 9.17) is 4.74 Å². The minimum Gasteiger partial charge on any atom is -0.496 e. The van der Waals surface area contributed by atoms with Crippen LogP contribution in [0.15, 0.2) is 22.7 Å². The molecule has 4 heteroatoms. The molecular weight excluding hydrogens is 282 g/mol. The molecule has 0 aliphatic carbocycles. The summed E-state index contributed by atoms with van der Waals surface area (Å²) in [6.07, 6.45) is 0.874. The van der Waals surface area contributed by atoms with Crippen molar-refractivity contribution in [1.29, 1.82) is 0 Å². The second-order valence-corrected chi connectivity index (χ2v) is 5.61. The Labute approximate surface area is 111 Å². The molecule has 0 aliphatic heterocycles. The molecular formula is C13H20BrNO2. The van der Waals surface area contributed by atoms with Crippen molar-refractivity contribution in [2.45, 2.75) is 25.9 Å². The summed E-state index contributed by atoms with van der Waals surface area (Å²) in [5.41, 5.74) is 0.492. The topological polar surface area (TPSA) is 41.5 Å². The van der Waals surface area contributed by atoms with Gasteiger partial charge in [0, 0.05) is 11.0 Å². The SMILES string of the molecule is COc1ccc(Br)cc1CCNCC(C)(C)O. The van der Waals surface area contributed by atoms with Crippen molar-refractivity contribution in [3.05, 3.63) is 28.2 Å². The van der Waals surface area contributed by atoms with Gasteiger partial charge in [-0.3, -0.25) is 0 Å². The highest BCUT2D eigenvalue weighted by Gasteiger charge is 2.11. The number of methoxy groups -OCH3 is 1. The van der Waals surface area contributed by atoms with Crippen LogP contribution in [0.2, 0.25) is 0 Å². The monoisotopic (exact) mass is 301 g/mol. The van der Waals surface area contributed by atoms with E-state index in [9.17, 15) is 5.11 Å². The summed E-state index contributed by atoms with van der Waals surface area (Å²) in [7, 11) is 1.68. The first-order chi connectivity index (χ1) is 7.92. The fraction of sp³-hybridized carbons (Fsp3) is 0.538. The minimum absolute atomic E-state index is 0.587. The van der Waals surface area contributed by atoms with Gasteiger partial charge in [0.25, 0.3) is 0 Å². The summed E-state index contributed by atoms with van der Waals surface area (Å²) >= 11 is 3.45. The van der Waals surface area contributed by atoms with Gasteiger partial charge < -0.3 is 15.2 Å². The number of rotatable bonds is 6. The molecule has 0 spiro atoms. The number of hydrogen-bond acceptors (Lipinski definition) is 3. The van der Waals surface area contributed by atoms with E-state index >= 15 is 0 Å². The lowest BCUT2D eigenvalue weighted by Crippen LogP contribution is -2.35. The average Bonchev–Trinajstić information content (AvgIpc) is 2.23. The van der Waals surface area contributed by atoms with E-state index < -0.39 is 5.60 Å². The molecule has 2 N–H and O–H groups in total. The number of benzene rings is 1. The molecule has 0 heterocycles. The molecule has 0 aliphatic rings. The highest BCUT2D eigenvalue weighted by molar-refractivity contribution is 9.10. The third-order valence-electron chi connectivity index (χ3n) is 2.37. The zero-order valence-electron chi connectivity index (χ0n) is 10.6. The van der Waals surface area contributed by atoms with Gasteiger partial charge in [0.2, 0.25) is 0 Å². The molecule has 0 saturated carbocycles. The van der Waals surface area contributed by atoms with Gasteiger partial charge in [-0.15, -0.1) is 0 Å². The molecule has 0 unspecified atom stereocenters. The standard InChI is InChI=1S/C13H20BrNO2/c1-13(2,16)9-15-7-6-10-8-11(14)4-5-12(10)17-3/h4-5,8,15-16H,6-7,9H2,1-3H3. The van der Waals surface area contributed by atoms with Gasteiger partial charge in [0.05, 0.1) is 12.7 Å². The Bertz CT molecular complexity index is 361. The Morgan fingerprint density at radius 1 is 1.41 bits per heavy atom. The molecule has 1 aromatic carbocycles. The Balaban J connectivity index is 2.48. The molecule has 96 valence electrons. The molecule has 0 radical (unpaired) electrons. The van der Waals surface area contributed by atoms with Gasteiger partial charge in [0.1, 0.15) is 5.75 Å².